The highest BCUT2D eigenvalue weighted by atomic mass is 35.5. The van der Waals surface area contributed by atoms with E-state index in [-0.39, 0.29) is 11.9 Å². The number of nitrogens with zero attached hydrogens (tertiary/aromatic N) is 1. The molecule has 140 valence electrons. The summed E-state index contributed by atoms with van der Waals surface area (Å²) >= 11 is 11.3. The molecule has 0 spiro atoms. The summed E-state index contributed by atoms with van der Waals surface area (Å²) in [4.78, 5) is 15.0. The number of benzene rings is 2. The van der Waals surface area contributed by atoms with Crippen molar-refractivity contribution in [1.82, 2.24) is 10.6 Å². The highest BCUT2D eigenvalue weighted by molar-refractivity contribution is 7.80. The van der Waals surface area contributed by atoms with E-state index in [1.807, 2.05) is 50.2 Å². The van der Waals surface area contributed by atoms with E-state index < -0.39 is 0 Å². The van der Waals surface area contributed by atoms with Gasteiger partial charge in [-0.05, 0) is 55.0 Å². The molecule has 0 aliphatic carbocycles. The number of carbonyl (C=O) groups is 1. The van der Waals surface area contributed by atoms with Crippen LogP contribution in [0.3, 0.4) is 0 Å². The standard InChI is InChI=1S/C20H21ClN4OS/c1-12-17(19(26)23-15-6-4-5-14(21)11-15)18(24-20(27)22-12)13-7-9-16(10-8-13)25(2)3/h4-11,18H,1-3H3,(H,23,26)(H2,22,24,27)/t18-/m1/s1. The molecule has 7 heteroatoms. The largest absolute Gasteiger partial charge is 0.378 e. The van der Waals surface area contributed by atoms with Gasteiger partial charge in [0.15, 0.2) is 5.11 Å². The fourth-order valence-electron chi connectivity index (χ4n) is 2.97. The summed E-state index contributed by atoms with van der Waals surface area (Å²) in [5.41, 5.74) is 3.99. The van der Waals surface area contributed by atoms with Crippen molar-refractivity contribution < 1.29 is 4.79 Å². The first-order valence-electron chi connectivity index (χ1n) is 8.47. The van der Waals surface area contributed by atoms with Gasteiger partial charge in [0.1, 0.15) is 0 Å². The number of thiocarbonyl (C=S) groups is 1. The van der Waals surface area contributed by atoms with Crippen LogP contribution in [0.5, 0.6) is 0 Å². The Bertz CT molecular complexity index is 908. The van der Waals surface area contributed by atoms with Crippen LogP contribution in [-0.4, -0.2) is 25.1 Å². The first-order chi connectivity index (χ1) is 12.8. The summed E-state index contributed by atoms with van der Waals surface area (Å²) in [6.45, 7) is 1.85. The predicted octanol–water partition coefficient (Wildman–Crippen LogP) is 3.84. The van der Waals surface area contributed by atoms with E-state index in [1.165, 1.54) is 0 Å². The highest BCUT2D eigenvalue weighted by Crippen LogP contribution is 2.29. The number of halogens is 1. The van der Waals surface area contributed by atoms with Gasteiger partial charge < -0.3 is 20.9 Å². The van der Waals surface area contributed by atoms with Crippen molar-refractivity contribution in [3.63, 3.8) is 0 Å². The average Bonchev–Trinajstić information content (AvgIpc) is 2.61. The third kappa shape index (κ3) is 4.40. The van der Waals surface area contributed by atoms with E-state index in [1.54, 1.807) is 24.3 Å². The molecule has 0 bridgehead atoms. The van der Waals surface area contributed by atoms with Gasteiger partial charge in [-0.15, -0.1) is 0 Å². The first kappa shape index (κ1) is 19.2. The van der Waals surface area contributed by atoms with E-state index in [2.05, 4.69) is 16.0 Å². The van der Waals surface area contributed by atoms with Gasteiger partial charge >= 0.3 is 0 Å². The lowest BCUT2D eigenvalue weighted by Crippen LogP contribution is -2.45. The molecular weight excluding hydrogens is 380 g/mol. The molecule has 27 heavy (non-hydrogen) atoms. The Labute approximate surface area is 169 Å². The number of allylic oxidation sites excluding steroid dienone is 1. The fourth-order valence-corrected chi connectivity index (χ4v) is 3.44. The Morgan fingerprint density at radius 1 is 1.19 bits per heavy atom. The number of nitrogens with one attached hydrogen (secondary N) is 3. The van der Waals surface area contributed by atoms with Crippen molar-refractivity contribution in [3.8, 4) is 0 Å². The van der Waals surface area contributed by atoms with Gasteiger partial charge in [0.2, 0.25) is 0 Å². The van der Waals surface area contributed by atoms with Crippen LogP contribution >= 0.6 is 23.8 Å². The normalized spacial score (nSPS) is 16.4. The second kappa shape index (κ2) is 7.98. The second-order valence-electron chi connectivity index (χ2n) is 6.52. The molecule has 1 atom stereocenters. The van der Waals surface area contributed by atoms with Crippen LogP contribution in [-0.2, 0) is 4.79 Å². The predicted molar refractivity (Wildman–Crippen MR) is 115 cm³/mol. The Balaban J connectivity index is 1.92. The van der Waals surface area contributed by atoms with Crippen molar-refractivity contribution in [2.24, 2.45) is 0 Å². The molecule has 0 fully saturated rings. The molecule has 1 heterocycles. The molecular formula is C20H21ClN4OS. The summed E-state index contributed by atoms with van der Waals surface area (Å²) in [7, 11) is 3.97. The fraction of sp³-hybridized carbons (Fsp3) is 0.200. The molecule has 1 amide bonds. The van der Waals surface area contributed by atoms with Gasteiger partial charge in [-0.25, -0.2) is 0 Å². The number of carbonyl (C=O) groups excluding carboxylic acids is 1. The maximum Gasteiger partial charge on any atom is 0.255 e. The quantitative estimate of drug-likeness (QED) is 0.681. The summed E-state index contributed by atoms with van der Waals surface area (Å²) in [6.07, 6.45) is 0. The minimum atomic E-state index is -0.339. The van der Waals surface area contributed by atoms with E-state index in [9.17, 15) is 4.79 Å². The molecule has 0 unspecified atom stereocenters. The van der Waals surface area contributed by atoms with Gasteiger partial charge in [-0.1, -0.05) is 29.8 Å². The van der Waals surface area contributed by atoms with Crippen LogP contribution in [0.1, 0.15) is 18.5 Å². The molecule has 0 saturated carbocycles. The van der Waals surface area contributed by atoms with E-state index in [0.29, 0.717) is 21.4 Å². The highest BCUT2D eigenvalue weighted by Gasteiger charge is 2.30. The van der Waals surface area contributed by atoms with Crippen LogP contribution in [0, 0.1) is 0 Å². The lowest BCUT2D eigenvalue weighted by atomic mass is 9.94. The van der Waals surface area contributed by atoms with Gasteiger partial charge in [-0.2, -0.15) is 0 Å². The number of rotatable bonds is 4. The molecule has 0 aromatic heterocycles. The average molecular weight is 401 g/mol. The molecule has 2 aromatic rings. The van der Waals surface area contributed by atoms with E-state index in [0.717, 1.165) is 16.9 Å². The third-order valence-electron chi connectivity index (χ3n) is 4.34. The lowest BCUT2D eigenvalue weighted by molar-refractivity contribution is -0.113. The molecule has 1 aliphatic heterocycles. The Morgan fingerprint density at radius 3 is 2.52 bits per heavy atom. The lowest BCUT2D eigenvalue weighted by Gasteiger charge is -2.30. The summed E-state index contributed by atoms with van der Waals surface area (Å²) < 4.78 is 0. The Hall–Kier alpha value is -2.57. The first-order valence-corrected chi connectivity index (χ1v) is 9.26. The van der Waals surface area contributed by atoms with Crippen molar-refractivity contribution in [3.05, 3.63) is 70.4 Å². The van der Waals surface area contributed by atoms with Gasteiger partial charge in [-0.3, -0.25) is 4.79 Å². The smallest absolute Gasteiger partial charge is 0.255 e. The van der Waals surface area contributed by atoms with Crippen molar-refractivity contribution in [2.75, 3.05) is 24.3 Å². The minimum absolute atomic E-state index is 0.209. The van der Waals surface area contributed by atoms with Crippen LogP contribution in [0.25, 0.3) is 0 Å². The Kier molecular flexibility index (Phi) is 5.68. The summed E-state index contributed by atoms with van der Waals surface area (Å²) in [5, 5.41) is 10.2. The number of hydrogen-bond acceptors (Lipinski definition) is 3. The van der Waals surface area contributed by atoms with Crippen LogP contribution < -0.4 is 20.9 Å². The maximum absolute atomic E-state index is 13.0. The zero-order chi connectivity index (χ0) is 19.6. The molecule has 2 aromatic carbocycles. The van der Waals surface area contributed by atoms with Gasteiger partial charge in [0, 0.05) is 36.2 Å². The zero-order valence-corrected chi connectivity index (χ0v) is 16.9. The number of amides is 1. The molecule has 3 N–H and O–H groups in total. The second-order valence-corrected chi connectivity index (χ2v) is 7.37. The van der Waals surface area contributed by atoms with Crippen molar-refractivity contribution in [2.45, 2.75) is 13.0 Å². The SMILES string of the molecule is CC1=C(C(=O)Nc2cccc(Cl)c2)[C@@H](c2ccc(N(C)C)cc2)NC(=S)N1. The maximum atomic E-state index is 13.0. The molecule has 0 saturated heterocycles. The van der Waals surface area contributed by atoms with Crippen LogP contribution in [0.2, 0.25) is 5.02 Å². The van der Waals surface area contributed by atoms with E-state index >= 15 is 0 Å². The number of hydrogen-bond donors (Lipinski definition) is 3. The third-order valence-corrected chi connectivity index (χ3v) is 4.79. The van der Waals surface area contributed by atoms with Gasteiger partial charge in [0.25, 0.3) is 5.91 Å². The zero-order valence-electron chi connectivity index (χ0n) is 15.3. The summed E-state index contributed by atoms with van der Waals surface area (Å²) in [5.74, 6) is -0.209. The molecule has 5 nitrogen and oxygen atoms in total. The van der Waals surface area contributed by atoms with Crippen molar-refractivity contribution in [1.29, 1.82) is 0 Å². The minimum Gasteiger partial charge on any atom is -0.378 e. The molecule has 3 rings (SSSR count). The molecule has 1 aliphatic rings. The van der Waals surface area contributed by atoms with Gasteiger partial charge in [0.05, 0.1) is 11.6 Å². The van der Waals surface area contributed by atoms with Crippen molar-refractivity contribution >= 4 is 46.2 Å². The van der Waals surface area contributed by atoms with Crippen LogP contribution in [0.15, 0.2) is 59.8 Å². The van der Waals surface area contributed by atoms with Crippen LogP contribution in [0.4, 0.5) is 11.4 Å². The Morgan fingerprint density at radius 2 is 1.89 bits per heavy atom. The topological polar surface area (TPSA) is 56.4 Å². The van der Waals surface area contributed by atoms with E-state index in [4.69, 9.17) is 23.8 Å². The number of anilines is 2. The monoisotopic (exact) mass is 400 g/mol. The molecule has 0 radical (unpaired) electrons. The summed E-state index contributed by atoms with van der Waals surface area (Å²) in [6, 6.07) is 14.8.